The highest BCUT2D eigenvalue weighted by atomic mass is 79.9. The van der Waals surface area contributed by atoms with Gasteiger partial charge in [0, 0.05) is 17.1 Å². The summed E-state index contributed by atoms with van der Waals surface area (Å²) in [6, 6.07) is 17.1. The van der Waals surface area contributed by atoms with Crippen LogP contribution in [-0.2, 0) is 26.2 Å². The van der Waals surface area contributed by atoms with Crippen LogP contribution in [0, 0.1) is 5.82 Å². The first-order valence-electron chi connectivity index (χ1n) is 13.3. The number of anilines is 1. The Kier molecular flexibility index (Phi) is 11.3. The van der Waals surface area contributed by atoms with Gasteiger partial charge in [0.05, 0.1) is 17.2 Å². The minimum Gasteiger partial charge on any atom is -0.494 e. The number of nitrogens with zero attached hydrogens (tertiary/aromatic N) is 2. The molecule has 0 aliphatic carbocycles. The number of benzene rings is 3. The average molecular weight is 649 g/mol. The molecule has 8 nitrogen and oxygen atoms in total. The molecule has 0 saturated heterocycles. The van der Waals surface area contributed by atoms with Crippen LogP contribution in [0.25, 0.3) is 0 Å². The van der Waals surface area contributed by atoms with E-state index >= 15 is 0 Å². The van der Waals surface area contributed by atoms with Crippen molar-refractivity contribution in [2.24, 2.45) is 0 Å². The summed E-state index contributed by atoms with van der Waals surface area (Å²) in [7, 11) is -4.20. The first-order valence-corrected chi connectivity index (χ1v) is 15.5. The smallest absolute Gasteiger partial charge is 0.264 e. The third-order valence-electron chi connectivity index (χ3n) is 6.20. The molecule has 0 saturated carbocycles. The minimum atomic E-state index is -4.20. The van der Waals surface area contributed by atoms with E-state index in [9.17, 15) is 22.4 Å². The molecule has 0 bridgehead atoms. The molecule has 11 heteroatoms. The molecule has 0 radical (unpaired) electrons. The molecule has 0 unspecified atom stereocenters. The van der Waals surface area contributed by atoms with E-state index in [1.807, 2.05) is 20.8 Å². The first kappa shape index (κ1) is 32.1. The lowest BCUT2D eigenvalue weighted by atomic mass is 10.1. The quantitative estimate of drug-likeness (QED) is 0.264. The highest BCUT2D eigenvalue weighted by Crippen LogP contribution is 2.27. The van der Waals surface area contributed by atoms with Crippen molar-refractivity contribution in [1.29, 1.82) is 0 Å². The second-order valence-electron chi connectivity index (χ2n) is 9.63. The molecular formula is C30H35BrFN3O5S. The number of nitrogens with one attached hydrogen (secondary N) is 1. The number of carbonyl (C=O) groups is 2. The van der Waals surface area contributed by atoms with Crippen LogP contribution in [0.3, 0.4) is 0 Å². The number of rotatable bonds is 13. The molecule has 3 rings (SSSR count). The summed E-state index contributed by atoms with van der Waals surface area (Å²) in [5.74, 6) is -0.826. The highest BCUT2D eigenvalue weighted by molar-refractivity contribution is 9.10. The molecule has 1 N–H and O–H groups in total. The van der Waals surface area contributed by atoms with Gasteiger partial charge in [-0.15, -0.1) is 0 Å². The van der Waals surface area contributed by atoms with Gasteiger partial charge >= 0.3 is 0 Å². The molecule has 0 aliphatic heterocycles. The molecule has 220 valence electrons. The molecule has 0 fully saturated rings. The first-order chi connectivity index (χ1) is 19.5. The van der Waals surface area contributed by atoms with Crippen molar-refractivity contribution in [2.45, 2.75) is 57.6 Å². The van der Waals surface area contributed by atoms with E-state index in [0.29, 0.717) is 22.4 Å². The lowest BCUT2D eigenvalue weighted by molar-refractivity contribution is -0.140. The van der Waals surface area contributed by atoms with E-state index in [-0.39, 0.29) is 35.5 Å². The molecule has 3 aromatic carbocycles. The van der Waals surface area contributed by atoms with E-state index in [2.05, 4.69) is 21.2 Å². The summed E-state index contributed by atoms with van der Waals surface area (Å²) in [5, 5.41) is 2.85. The van der Waals surface area contributed by atoms with Gasteiger partial charge in [0.25, 0.3) is 10.0 Å². The Morgan fingerprint density at radius 2 is 1.56 bits per heavy atom. The number of carbonyl (C=O) groups excluding carboxylic acids is 2. The van der Waals surface area contributed by atoms with Gasteiger partial charge in [-0.1, -0.05) is 35.0 Å². The van der Waals surface area contributed by atoms with Crippen molar-refractivity contribution in [1.82, 2.24) is 10.2 Å². The lowest BCUT2D eigenvalue weighted by Gasteiger charge is -2.33. The van der Waals surface area contributed by atoms with Crippen molar-refractivity contribution in [2.75, 3.05) is 17.5 Å². The summed E-state index contributed by atoms with van der Waals surface area (Å²) in [5.41, 5.74) is 0.852. The lowest BCUT2D eigenvalue weighted by Crippen LogP contribution is -2.53. The number of amides is 2. The number of sulfonamides is 1. The molecule has 3 aromatic rings. The Labute approximate surface area is 249 Å². The van der Waals surface area contributed by atoms with Crippen LogP contribution in [-0.4, -0.2) is 50.4 Å². The Hall–Kier alpha value is -3.44. The monoisotopic (exact) mass is 647 g/mol. The second kappa shape index (κ2) is 14.5. The van der Waals surface area contributed by atoms with Gasteiger partial charge in [-0.2, -0.15) is 0 Å². The fraction of sp³-hybridized carbons (Fsp3) is 0.333. The Morgan fingerprint density at radius 3 is 2.10 bits per heavy atom. The molecule has 0 heterocycles. The van der Waals surface area contributed by atoms with E-state index < -0.39 is 34.3 Å². The van der Waals surface area contributed by atoms with Crippen molar-refractivity contribution < 1.29 is 27.1 Å². The van der Waals surface area contributed by atoms with Crippen LogP contribution in [0.15, 0.2) is 82.2 Å². The van der Waals surface area contributed by atoms with Gasteiger partial charge in [-0.3, -0.25) is 13.9 Å². The molecule has 2 amide bonds. The van der Waals surface area contributed by atoms with Crippen LogP contribution in [0.4, 0.5) is 10.1 Å². The Bertz CT molecular complexity index is 1420. The van der Waals surface area contributed by atoms with Gasteiger partial charge in [0.15, 0.2) is 0 Å². The maximum absolute atomic E-state index is 14.0. The predicted molar refractivity (Wildman–Crippen MR) is 161 cm³/mol. The molecule has 1 atom stereocenters. The largest absolute Gasteiger partial charge is 0.494 e. The zero-order chi connectivity index (χ0) is 30.2. The van der Waals surface area contributed by atoms with Crippen molar-refractivity contribution in [3.8, 4) is 5.75 Å². The summed E-state index contributed by atoms with van der Waals surface area (Å²) >= 11 is 3.32. The molecule has 0 spiro atoms. The zero-order valence-corrected chi connectivity index (χ0v) is 25.9. The van der Waals surface area contributed by atoms with E-state index in [1.54, 1.807) is 43.3 Å². The minimum absolute atomic E-state index is 0.00272. The van der Waals surface area contributed by atoms with Crippen LogP contribution >= 0.6 is 15.9 Å². The normalized spacial score (nSPS) is 12.1. The summed E-state index contributed by atoms with van der Waals surface area (Å²) in [6.45, 7) is 7.10. The van der Waals surface area contributed by atoms with Gasteiger partial charge in [-0.05, 0) is 93.4 Å². The maximum atomic E-state index is 14.0. The SMILES string of the molecule is CCOc1ccc(N(CC(=O)N(Cc2ccc(F)cc2)[C@@H](CC)C(=O)NC(C)C)S(=O)(=O)c2ccc(Br)cc2)cc1. The van der Waals surface area contributed by atoms with Crippen molar-refractivity contribution in [3.63, 3.8) is 0 Å². The van der Waals surface area contributed by atoms with Gasteiger partial charge in [0.2, 0.25) is 11.8 Å². The third-order valence-corrected chi connectivity index (χ3v) is 8.52. The van der Waals surface area contributed by atoms with Crippen molar-refractivity contribution >= 4 is 43.5 Å². The van der Waals surface area contributed by atoms with E-state index in [4.69, 9.17) is 4.74 Å². The predicted octanol–water partition coefficient (Wildman–Crippen LogP) is 5.51. The summed E-state index contributed by atoms with van der Waals surface area (Å²) < 4.78 is 48.7. The average Bonchev–Trinajstić information content (AvgIpc) is 2.93. The van der Waals surface area contributed by atoms with E-state index in [1.165, 1.54) is 41.3 Å². The number of hydrogen-bond donors (Lipinski definition) is 1. The second-order valence-corrected chi connectivity index (χ2v) is 12.4. The molecule has 0 aromatic heterocycles. The standard InChI is InChI=1S/C30H35BrFN3O5S/c1-5-28(30(37)33-21(3)4)34(19-22-7-11-24(32)12-8-22)29(36)20-35(25-13-15-26(16-14-25)40-6-2)41(38,39)27-17-9-23(31)10-18-27/h7-18,21,28H,5-6,19-20H2,1-4H3,(H,33,37)/t28-/m0/s1. The fourth-order valence-corrected chi connectivity index (χ4v) is 5.90. The topological polar surface area (TPSA) is 96.0 Å². The molecule has 41 heavy (non-hydrogen) atoms. The van der Waals surface area contributed by atoms with Gasteiger partial charge in [-0.25, -0.2) is 12.8 Å². The molecular weight excluding hydrogens is 613 g/mol. The van der Waals surface area contributed by atoms with Crippen LogP contribution in [0.5, 0.6) is 5.75 Å². The summed E-state index contributed by atoms with van der Waals surface area (Å²) in [6.07, 6.45) is 0.286. The number of ether oxygens (including phenoxy) is 1. The number of hydrogen-bond acceptors (Lipinski definition) is 5. The summed E-state index contributed by atoms with van der Waals surface area (Å²) in [4.78, 5) is 28.5. The fourth-order valence-electron chi connectivity index (χ4n) is 4.22. The van der Waals surface area contributed by atoms with Gasteiger partial charge in [0.1, 0.15) is 24.2 Å². The van der Waals surface area contributed by atoms with Crippen LogP contribution in [0.1, 0.15) is 39.7 Å². The van der Waals surface area contributed by atoms with Crippen LogP contribution in [0.2, 0.25) is 0 Å². The highest BCUT2D eigenvalue weighted by Gasteiger charge is 2.34. The van der Waals surface area contributed by atoms with E-state index in [0.717, 1.165) is 4.31 Å². The maximum Gasteiger partial charge on any atom is 0.264 e. The zero-order valence-electron chi connectivity index (χ0n) is 23.5. The van der Waals surface area contributed by atoms with Crippen LogP contribution < -0.4 is 14.4 Å². The Morgan fingerprint density at radius 1 is 0.951 bits per heavy atom. The number of halogens is 2. The van der Waals surface area contributed by atoms with Gasteiger partial charge < -0.3 is 15.0 Å². The Balaban J connectivity index is 2.06. The molecule has 0 aliphatic rings. The van der Waals surface area contributed by atoms with Crippen molar-refractivity contribution in [3.05, 3.63) is 88.6 Å². The third kappa shape index (κ3) is 8.53.